The van der Waals surface area contributed by atoms with Gasteiger partial charge >= 0.3 is 0 Å². The molecule has 0 spiro atoms. The monoisotopic (exact) mass is 220 g/mol. The van der Waals surface area contributed by atoms with Crippen molar-refractivity contribution < 1.29 is 8.42 Å². The van der Waals surface area contributed by atoms with Crippen LogP contribution in [0.3, 0.4) is 0 Å². The molecule has 1 heterocycles. The number of nitrogens with zero attached hydrogens (tertiary/aromatic N) is 2. The first-order chi connectivity index (χ1) is 5.95. The molecule has 1 aromatic rings. The van der Waals surface area contributed by atoms with Gasteiger partial charge < -0.3 is 0 Å². The van der Waals surface area contributed by atoms with Crippen molar-refractivity contribution in [2.75, 3.05) is 0 Å². The van der Waals surface area contributed by atoms with E-state index in [0.29, 0.717) is 6.54 Å². The second kappa shape index (κ2) is 3.40. The van der Waals surface area contributed by atoms with Crippen molar-refractivity contribution in [2.24, 2.45) is 5.14 Å². The van der Waals surface area contributed by atoms with Gasteiger partial charge in [-0.2, -0.15) is 0 Å². The summed E-state index contributed by atoms with van der Waals surface area (Å²) < 4.78 is 22.6. The zero-order chi connectivity index (χ0) is 10.1. The van der Waals surface area contributed by atoms with Gasteiger partial charge in [-0.3, -0.25) is 5.41 Å². The molecule has 8 heteroatoms. The van der Waals surface area contributed by atoms with Crippen molar-refractivity contribution in [2.45, 2.75) is 10.9 Å². The Morgan fingerprint density at radius 2 is 2.38 bits per heavy atom. The second-order valence-electron chi connectivity index (χ2n) is 2.19. The highest BCUT2D eigenvalue weighted by Gasteiger charge is 2.14. The van der Waals surface area contributed by atoms with Gasteiger partial charge in [-0.1, -0.05) is 17.4 Å². The van der Waals surface area contributed by atoms with Crippen LogP contribution >= 0.6 is 11.3 Å². The highest BCUT2D eigenvalue weighted by atomic mass is 32.2. The molecule has 0 saturated carbocycles. The smallest absolute Gasteiger partial charge is 0.267 e. The van der Waals surface area contributed by atoms with Gasteiger partial charge in [0.1, 0.15) is 0 Å². The maximum absolute atomic E-state index is 10.8. The predicted molar refractivity (Wildman–Crippen MR) is 47.5 cm³/mol. The number of hydrogen-bond acceptors (Lipinski definition) is 5. The van der Waals surface area contributed by atoms with Crippen LogP contribution in [0.15, 0.2) is 17.0 Å². The molecule has 13 heavy (non-hydrogen) atoms. The van der Waals surface area contributed by atoms with Crippen LogP contribution < -0.4 is 9.94 Å². The first kappa shape index (κ1) is 10.1. The van der Waals surface area contributed by atoms with Crippen molar-refractivity contribution in [3.05, 3.63) is 17.5 Å². The maximum atomic E-state index is 10.8. The number of hydrogen-bond donors (Lipinski definition) is 2. The SMILES string of the molecule is C=CCn1nc(S(N)(=O)=O)sc1=N. The quantitative estimate of drug-likeness (QED) is 0.655. The lowest BCUT2D eigenvalue weighted by atomic mass is 10.6. The summed E-state index contributed by atoms with van der Waals surface area (Å²) in [6.45, 7) is 3.74. The average molecular weight is 220 g/mol. The van der Waals surface area contributed by atoms with Gasteiger partial charge in [0.05, 0.1) is 6.54 Å². The Labute approximate surface area is 78.9 Å². The fraction of sp³-hybridized carbons (Fsp3) is 0.200. The van der Waals surface area contributed by atoms with Crippen molar-refractivity contribution in [3.8, 4) is 0 Å². The first-order valence-electron chi connectivity index (χ1n) is 3.21. The van der Waals surface area contributed by atoms with Crippen LogP contribution in [0.4, 0.5) is 0 Å². The molecule has 0 saturated heterocycles. The lowest BCUT2D eigenvalue weighted by Gasteiger charge is -1.91. The van der Waals surface area contributed by atoms with Gasteiger partial charge in [-0.05, 0) is 0 Å². The molecular formula is C5H8N4O2S2. The van der Waals surface area contributed by atoms with E-state index in [4.69, 9.17) is 10.5 Å². The molecular weight excluding hydrogens is 212 g/mol. The van der Waals surface area contributed by atoms with E-state index in [1.807, 2.05) is 0 Å². The molecule has 0 aliphatic heterocycles. The van der Waals surface area contributed by atoms with E-state index in [0.717, 1.165) is 11.3 Å². The third-order valence-electron chi connectivity index (χ3n) is 1.17. The summed E-state index contributed by atoms with van der Waals surface area (Å²) in [5.41, 5.74) is 0. The molecule has 0 atom stereocenters. The average Bonchev–Trinajstić information content (AvgIpc) is 2.32. The Hall–Kier alpha value is -0.990. The van der Waals surface area contributed by atoms with Crippen molar-refractivity contribution in [3.63, 3.8) is 0 Å². The minimum absolute atomic E-state index is 0.0314. The molecule has 1 aromatic heterocycles. The van der Waals surface area contributed by atoms with Crippen LogP contribution in [0, 0.1) is 5.41 Å². The van der Waals surface area contributed by atoms with Gasteiger partial charge in [-0.15, -0.1) is 11.7 Å². The topological polar surface area (TPSA) is 102 Å². The number of rotatable bonds is 3. The van der Waals surface area contributed by atoms with Crippen LogP contribution in [0.2, 0.25) is 0 Å². The third kappa shape index (κ3) is 2.23. The number of nitrogens with one attached hydrogen (secondary N) is 1. The van der Waals surface area contributed by atoms with Crippen LogP contribution in [0.5, 0.6) is 0 Å². The molecule has 3 N–H and O–H groups in total. The Morgan fingerprint density at radius 1 is 1.77 bits per heavy atom. The van der Waals surface area contributed by atoms with Crippen LogP contribution in [-0.4, -0.2) is 18.2 Å². The predicted octanol–water partition coefficient (Wildman–Crippen LogP) is -0.743. The molecule has 6 nitrogen and oxygen atoms in total. The van der Waals surface area contributed by atoms with Gasteiger partial charge in [0.15, 0.2) is 0 Å². The van der Waals surface area contributed by atoms with E-state index in [2.05, 4.69) is 11.7 Å². The summed E-state index contributed by atoms with van der Waals surface area (Å²) in [7, 11) is -3.79. The summed E-state index contributed by atoms with van der Waals surface area (Å²) in [4.78, 5) is 0.0314. The standard InChI is InChI=1S/C5H8N4O2S2/c1-2-3-9-4(6)12-5(8-9)13(7,10)11/h2,6H,1,3H2,(H2,7,10,11). The molecule has 0 radical (unpaired) electrons. The molecule has 0 aromatic carbocycles. The maximum Gasteiger partial charge on any atom is 0.267 e. The Kier molecular flexibility index (Phi) is 2.64. The number of aromatic nitrogens is 2. The number of nitrogens with two attached hydrogens (primary N) is 1. The number of allylic oxidation sites excluding steroid dienone is 1. The molecule has 0 amide bonds. The second-order valence-corrected chi connectivity index (χ2v) is 4.90. The normalized spacial score (nSPS) is 11.5. The lowest BCUT2D eigenvalue weighted by molar-refractivity contribution is 0.585. The largest absolute Gasteiger partial charge is 0.274 e. The van der Waals surface area contributed by atoms with E-state index in [9.17, 15) is 8.42 Å². The summed E-state index contributed by atoms with van der Waals surface area (Å²) in [5, 5.41) is 15.8. The fourth-order valence-corrected chi connectivity index (χ4v) is 2.10. The zero-order valence-corrected chi connectivity index (χ0v) is 8.23. The Bertz CT molecular complexity index is 469. The molecule has 0 fully saturated rings. The summed E-state index contributed by atoms with van der Waals surface area (Å²) >= 11 is 0.719. The Balaban J connectivity index is 3.25. The molecule has 1 rings (SSSR count). The molecule has 0 aliphatic rings. The van der Waals surface area contributed by atoms with Crippen LogP contribution in [-0.2, 0) is 16.6 Å². The van der Waals surface area contributed by atoms with Crippen molar-refractivity contribution in [1.29, 1.82) is 5.41 Å². The van der Waals surface area contributed by atoms with E-state index in [1.165, 1.54) is 10.8 Å². The lowest BCUT2D eigenvalue weighted by Crippen LogP contribution is -2.15. The molecule has 0 unspecified atom stereocenters. The molecule has 0 bridgehead atoms. The van der Waals surface area contributed by atoms with E-state index in [-0.39, 0.29) is 9.14 Å². The number of primary sulfonamides is 1. The highest BCUT2D eigenvalue weighted by molar-refractivity contribution is 7.91. The van der Waals surface area contributed by atoms with Gasteiger partial charge in [0.25, 0.3) is 10.0 Å². The minimum Gasteiger partial charge on any atom is -0.274 e. The van der Waals surface area contributed by atoms with Gasteiger partial charge in [-0.25, -0.2) is 18.2 Å². The van der Waals surface area contributed by atoms with Crippen LogP contribution in [0.1, 0.15) is 0 Å². The van der Waals surface area contributed by atoms with E-state index >= 15 is 0 Å². The zero-order valence-electron chi connectivity index (χ0n) is 6.60. The number of sulfonamides is 1. The molecule has 0 aliphatic carbocycles. The summed E-state index contributed by atoms with van der Waals surface area (Å²) in [5.74, 6) is 0. The highest BCUT2D eigenvalue weighted by Crippen LogP contribution is 2.04. The van der Waals surface area contributed by atoms with Crippen LogP contribution in [0.25, 0.3) is 0 Å². The minimum atomic E-state index is -3.79. The van der Waals surface area contributed by atoms with E-state index in [1.54, 1.807) is 0 Å². The first-order valence-corrected chi connectivity index (χ1v) is 5.57. The summed E-state index contributed by atoms with van der Waals surface area (Å²) in [6.07, 6.45) is 1.52. The third-order valence-corrected chi connectivity index (χ3v) is 3.34. The van der Waals surface area contributed by atoms with Crippen molar-refractivity contribution in [1.82, 2.24) is 9.78 Å². The van der Waals surface area contributed by atoms with Gasteiger partial charge in [0, 0.05) is 0 Å². The summed E-state index contributed by atoms with van der Waals surface area (Å²) in [6, 6.07) is 0. The molecule has 72 valence electrons. The van der Waals surface area contributed by atoms with E-state index < -0.39 is 10.0 Å². The van der Waals surface area contributed by atoms with Gasteiger partial charge in [0.2, 0.25) is 9.14 Å². The Morgan fingerprint density at radius 3 is 2.77 bits per heavy atom. The van der Waals surface area contributed by atoms with Crippen molar-refractivity contribution >= 4 is 21.4 Å². The fourth-order valence-electron chi connectivity index (χ4n) is 0.661.